The van der Waals surface area contributed by atoms with Crippen molar-refractivity contribution in [3.05, 3.63) is 35.6 Å². The molecule has 5 heteroatoms. The number of amides is 1. The van der Waals surface area contributed by atoms with Gasteiger partial charge in [0.25, 0.3) is 0 Å². The van der Waals surface area contributed by atoms with Crippen LogP contribution in [0.15, 0.2) is 24.3 Å². The molecule has 1 amide bonds. The van der Waals surface area contributed by atoms with Gasteiger partial charge in [0.2, 0.25) is 5.91 Å². The minimum Gasteiger partial charge on any atom is -0.481 e. The van der Waals surface area contributed by atoms with Crippen molar-refractivity contribution >= 4 is 11.9 Å². The average molecular weight is 295 g/mol. The highest BCUT2D eigenvalue weighted by molar-refractivity contribution is 5.78. The van der Waals surface area contributed by atoms with Gasteiger partial charge < -0.3 is 10.4 Å². The molecule has 1 aromatic rings. The molecule has 0 bridgehead atoms. The standard InChI is InChI=1S/C16H22FNO3/c17-14-8-6-7-13(11-14)12-15(19)18-10-5-3-1-2-4-9-16(20)21/h6-8,11H,1-5,9-10,12H2,(H,18,19)(H,20,21). The van der Waals surface area contributed by atoms with Gasteiger partial charge in [-0.3, -0.25) is 9.59 Å². The molecular formula is C16H22FNO3. The second-order valence-corrected chi connectivity index (χ2v) is 5.07. The second kappa shape index (κ2) is 9.91. The predicted octanol–water partition coefficient (Wildman–Crippen LogP) is 2.91. The van der Waals surface area contributed by atoms with Crippen LogP contribution in [0.1, 0.15) is 44.1 Å². The largest absolute Gasteiger partial charge is 0.481 e. The normalized spacial score (nSPS) is 10.3. The SMILES string of the molecule is O=C(O)CCCCCCCNC(=O)Cc1cccc(F)c1. The summed E-state index contributed by atoms with van der Waals surface area (Å²) in [5, 5.41) is 11.3. The van der Waals surface area contributed by atoms with E-state index in [0.717, 1.165) is 25.7 Å². The van der Waals surface area contributed by atoms with Crippen LogP contribution in [-0.4, -0.2) is 23.5 Å². The summed E-state index contributed by atoms with van der Waals surface area (Å²) in [6.45, 7) is 0.604. The molecule has 0 unspecified atom stereocenters. The fourth-order valence-corrected chi connectivity index (χ4v) is 2.05. The van der Waals surface area contributed by atoms with Crippen LogP contribution >= 0.6 is 0 Å². The first-order chi connectivity index (χ1) is 10.1. The molecule has 1 aromatic carbocycles. The molecule has 0 aliphatic heterocycles. The van der Waals surface area contributed by atoms with Crippen LogP contribution in [0.3, 0.4) is 0 Å². The lowest BCUT2D eigenvalue weighted by molar-refractivity contribution is -0.137. The van der Waals surface area contributed by atoms with Crippen molar-refractivity contribution in [3.63, 3.8) is 0 Å². The number of nitrogens with one attached hydrogen (secondary N) is 1. The molecule has 1 rings (SSSR count). The van der Waals surface area contributed by atoms with Gasteiger partial charge in [-0.25, -0.2) is 4.39 Å². The summed E-state index contributed by atoms with van der Waals surface area (Å²) in [6, 6.07) is 6.04. The highest BCUT2D eigenvalue weighted by Crippen LogP contribution is 2.06. The maximum Gasteiger partial charge on any atom is 0.303 e. The molecule has 4 nitrogen and oxygen atoms in total. The average Bonchev–Trinajstić information content (AvgIpc) is 2.41. The summed E-state index contributed by atoms with van der Waals surface area (Å²) >= 11 is 0. The predicted molar refractivity (Wildman–Crippen MR) is 78.5 cm³/mol. The maximum absolute atomic E-state index is 13.0. The Kier molecular flexibility index (Phi) is 8.09. The van der Waals surface area contributed by atoms with Crippen molar-refractivity contribution < 1.29 is 19.1 Å². The first kappa shape index (κ1) is 17.1. The van der Waals surface area contributed by atoms with E-state index in [-0.39, 0.29) is 24.6 Å². The Morgan fingerprint density at radius 3 is 2.52 bits per heavy atom. The molecule has 21 heavy (non-hydrogen) atoms. The van der Waals surface area contributed by atoms with Gasteiger partial charge in [-0.2, -0.15) is 0 Å². The van der Waals surface area contributed by atoms with E-state index in [4.69, 9.17) is 5.11 Å². The first-order valence-electron chi connectivity index (χ1n) is 7.31. The number of hydrogen-bond donors (Lipinski definition) is 2. The van der Waals surface area contributed by atoms with Gasteiger partial charge in [0.1, 0.15) is 5.82 Å². The van der Waals surface area contributed by atoms with E-state index in [2.05, 4.69) is 5.32 Å². The quantitative estimate of drug-likeness (QED) is 0.652. The maximum atomic E-state index is 13.0. The number of carbonyl (C=O) groups excluding carboxylic acids is 1. The molecule has 0 fully saturated rings. The van der Waals surface area contributed by atoms with Crippen molar-refractivity contribution in [1.29, 1.82) is 0 Å². The summed E-state index contributed by atoms with van der Waals surface area (Å²) < 4.78 is 13.0. The zero-order valence-electron chi connectivity index (χ0n) is 12.1. The van der Waals surface area contributed by atoms with Crippen LogP contribution in [0, 0.1) is 5.82 Å². The number of hydrogen-bond acceptors (Lipinski definition) is 2. The topological polar surface area (TPSA) is 66.4 Å². The second-order valence-electron chi connectivity index (χ2n) is 5.07. The minimum absolute atomic E-state index is 0.105. The Morgan fingerprint density at radius 2 is 1.81 bits per heavy atom. The van der Waals surface area contributed by atoms with Crippen molar-refractivity contribution in [2.24, 2.45) is 0 Å². The lowest BCUT2D eigenvalue weighted by Gasteiger charge is -2.05. The van der Waals surface area contributed by atoms with Gasteiger partial charge in [-0.05, 0) is 30.5 Å². The van der Waals surface area contributed by atoms with E-state index < -0.39 is 5.97 Å². The summed E-state index contributed by atoms with van der Waals surface area (Å²) in [5.74, 6) is -1.19. The molecule has 116 valence electrons. The zero-order chi connectivity index (χ0) is 15.5. The molecule has 0 atom stereocenters. The fraction of sp³-hybridized carbons (Fsp3) is 0.500. The van der Waals surface area contributed by atoms with E-state index in [1.165, 1.54) is 12.1 Å². The number of aliphatic carboxylic acids is 1. The van der Waals surface area contributed by atoms with E-state index >= 15 is 0 Å². The number of carbonyl (C=O) groups is 2. The highest BCUT2D eigenvalue weighted by Gasteiger charge is 2.03. The van der Waals surface area contributed by atoms with E-state index in [1.54, 1.807) is 12.1 Å². The molecule has 0 aliphatic carbocycles. The molecule has 0 spiro atoms. The first-order valence-corrected chi connectivity index (χ1v) is 7.31. The Balaban J connectivity index is 2.02. The third-order valence-electron chi connectivity index (χ3n) is 3.14. The van der Waals surface area contributed by atoms with Gasteiger partial charge >= 0.3 is 5.97 Å². The third-order valence-corrected chi connectivity index (χ3v) is 3.14. The summed E-state index contributed by atoms with van der Waals surface area (Å²) in [6.07, 6.45) is 4.86. The van der Waals surface area contributed by atoms with Crippen molar-refractivity contribution in [1.82, 2.24) is 5.32 Å². The van der Waals surface area contributed by atoms with Crippen LogP contribution in [0.2, 0.25) is 0 Å². The van der Waals surface area contributed by atoms with E-state index in [9.17, 15) is 14.0 Å². The molecule has 0 aliphatic rings. The summed E-state index contributed by atoms with van der Waals surface area (Å²) in [4.78, 5) is 21.9. The van der Waals surface area contributed by atoms with Gasteiger partial charge in [0.15, 0.2) is 0 Å². The van der Waals surface area contributed by atoms with E-state index in [0.29, 0.717) is 18.5 Å². The Bertz CT molecular complexity index is 463. The number of carboxylic acid groups (broad SMARTS) is 1. The lowest BCUT2D eigenvalue weighted by Crippen LogP contribution is -2.26. The minimum atomic E-state index is -0.750. The number of carboxylic acids is 1. The molecule has 0 saturated carbocycles. The van der Waals surface area contributed by atoms with Gasteiger partial charge in [0.05, 0.1) is 6.42 Å². The molecular weight excluding hydrogens is 273 g/mol. The lowest BCUT2D eigenvalue weighted by atomic mass is 10.1. The van der Waals surface area contributed by atoms with Gasteiger partial charge in [0, 0.05) is 13.0 Å². The van der Waals surface area contributed by atoms with Crippen molar-refractivity contribution in [2.75, 3.05) is 6.54 Å². The molecule has 0 saturated heterocycles. The molecule has 0 heterocycles. The Labute approximate surface area is 124 Å². The number of unbranched alkanes of at least 4 members (excludes halogenated alkanes) is 4. The molecule has 0 radical (unpaired) electrons. The van der Waals surface area contributed by atoms with Crippen molar-refractivity contribution in [2.45, 2.75) is 44.9 Å². The van der Waals surface area contributed by atoms with E-state index in [1.807, 2.05) is 0 Å². The summed E-state index contributed by atoms with van der Waals surface area (Å²) in [5.41, 5.74) is 0.668. The number of halogens is 1. The molecule has 2 N–H and O–H groups in total. The highest BCUT2D eigenvalue weighted by atomic mass is 19.1. The van der Waals surface area contributed by atoms with Gasteiger partial charge in [-0.1, -0.05) is 31.4 Å². The third kappa shape index (κ3) is 8.78. The number of benzene rings is 1. The number of rotatable bonds is 10. The van der Waals surface area contributed by atoms with Crippen LogP contribution in [0.5, 0.6) is 0 Å². The van der Waals surface area contributed by atoms with Crippen molar-refractivity contribution in [3.8, 4) is 0 Å². The van der Waals surface area contributed by atoms with Crippen LogP contribution < -0.4 is 5.32 Å². The van der Waals surface area contributed by atoms with Crippen LogP contribution in [0.25, 0.3) is 0 Å². The Hall–Kier alpha value is -1.91. The van der Waals surface area contributed by atoms with Gasteiger partial charge in [-0.15, -0.1) is 0 Å². The smallest absolute Gasteiger partial charge is 0.303 e. The summed E-state index contributed by atoms with van der Waals surface area (Å²) in [7, 11) is 0. The van der Waals surface area contributed by atoms with Crippen LogP contribution in [-0.2, 0) is 16.0 Å². The fourth-order valence-electron chi connectivity index (χ4n) is 2.05. The molecule has 0 aromatic heterocycles. The zero-order valence-corrected chi connectivity index (χ0v) is 12.1. The Morgan fingerprint density at radius 1 is 1.10 bits per heavy atom. The monoisotopic (exact) mass is 295 g/mol. The van der Waals surface area contributed by atoms with Crippen LogP contribution in [0.4, 0.5) is 4.39 Å².